The fourth-order valence-corrected chi connectivity index (χ4v) is 8.13. The van der Waals surface area contributed by atoms with Crippen LogP contribution in [0.2, 0.25) is 6.55 Å². The van der Waals surface area contributed by atoms with Gasteiger partial charge in [-0.3, -0.25) is 0 Å². The first-order valence-corrected chi connectivity index (χ1v) is 11.1. The Morgan fingerprint density at radius 1 is 1.18 bits per heavy atom. The molecular weight excluding hydrogens is 166 g/mol. The molecule has 1 nitrogen and oxygen atoms in total. The monoisotopic (exact) mass is 187 g/mol. The lowest BCUT2D eigenvalue weighted by Gasteiger charge is -2.39. The van der Waals surface area contributed by atoms with Crippen molar-refractivity contribution in [3.63, 3.8) is 0 Å². The topological polar surface area (TPSA) is 3.24 Å². The fourth-order valence-electron chi connectivity index (χ4n) is 2.17. The summed E-state index contributed by atoms with van der Waals surface area (Å²) in [4.78, 5) is 0. The van der Waals surface area contributed by atoms with Gasteiger partial charge in [-0.25, -0.2) is 0 Å². The van der Waals surface area contributed by atoms with E-state index in [1.807, 2.05) is 0 Å². The molecule has 2 atom stereocenters. The highest BCUT2D eigenvalue weighted by Crippen LogP contribution is 2.20. The predicted molar refractivity (Wildman–Crippen MR) is 57.6 cm³/mol. The van der Waals surface area contributed by atoms with Gasteiger partial charge in [0.2, 0.25) is 0 Å². The van der Waals surface area contributed by atoms with E-state index < -0.39 is 0 Å². The molecule has 2 unspecified atom stereocenters. The average Bonchev–Trinajstić information content (AvgIpc) is 1.97. The van der Waals surface area contributed by atoms with Gasteiger partial charge in [-0.2, -0.15) is 0 Å². The van der Waals surface area contributed by atoms with Gasteiger partial charge >= 0.3 is 0 Å². The van der Waals surface area contributed by atoms with Gasteiger partial charge in [-0.05, 0) is 24.9 Å². The van der Waals surface area contributed by atoms with E-state index in [4.69, 9.17) is 0 Å². The third-order valence-electron chi connectivity index (χ3n) is 2.86. The molecule has 0 saturated carbocycles. The first kappa shape index (κ1) is 9.48. The summed E-state index contributed by atoms with van der Waals surface area (Å²) in [6, 6.07) is 1.86. The molecule has 0 aliphatic carbocycles. The largest absolute Gasteiger partial charge is 0.327 e. The molecule has 1 aliphatic heterocycles. The predicted octanol–water partition coefficient (Wildman–Crippen LogP) is 0.465. The molecule has 0 amide bonds. The van der Waals surface area contributed by atoms with Crippen LogP contribution in [0.25, 0.3) is 0 Å². The minimum absolute atomic E-state index is 0.253. The van der Waals surface area contributed by atoms with Gasteiger partial charge in [0.05, 0.1) is 9.20 Å². The standard InChI is InChI=1S/C8H21NSi2/c1-7-5-4-6-8(2)9(7)11-10-3/h7-8H,4-6,10-11H2,1-3H3. The van der Waals surface area contributed by atoms with Gasteiger partial charge < -0.3 is 4.57 Å². The maximum Gasteiger partial charge on any atom is 0.0798 e. The third kappa shape index (κ3) is 2.42. The second-order valence-electron chi connectivity index (χ2n) is 3.87. The lowest BCUT2D eigenvalue weighted by molar-refractivity contribution is 0.209. The molecule has 0 N–H and O–H groups in total. The Morgan fingerprint density at radius 3 is 2.18 bits per heavy atom. The summed E-state index contributed by atoms with van der Waals surface area (Å²) in [7, 11) is 0.624. The van der Waals surface area contributed by atoms with E-state index in [2.05, 4.69) is 25.0 Å². The zero-order valence-electron chi connectivity index (χ0n) is 8.14. The van der Waals surface area contributed by atoms with Crippen molar-refractivity contribution in [1.29, 1.82) is 0 Å². The lowest BCUT2D eigenvalue weighted by atomic mass is 10.0. The van der Waals surface area contributed by atoms with Crippen LogP contribution in [0.4, 0.5) is 0 Å². The van der Waals surface area contributed by atoms with Gasteiger partial charge in [0.15, 0.2) is 0 Å². The van der Waals surface area contributed by atoms with Crippen molar-refractivity contribution in [3.05, 3.63) is 0 Å². The molecule has 0 radical (unpaired) electrons. The van der Waals surface area contributed by atoms with Crippen molar-refractivity contribution in [3.8, 4) is 0 Å². The zero-order chi connectivity index (χ0) is 8.27. The van der Waals surface area contributed by atoms with Crippen molar-refractivity contribution < 1.29 is 0 Å². The van der Waals surface area contributed by atoms with Crippen LogP contribution in [-0.4, -0.2) is 34.9 Å². The van der Waals surface area contributed by atoms with Crippen LogP contribution in [0.5, 0.6) is 0 Å². The van der Waals surface area contributed by atoms with Crippen molar-refractivity contribution in [2.24, 2.45) is 0 Å². The third-order valence-corrected chi connectivity index (χ3v) is 7.96. The fraction of sp³-hybridized carbons (Fsp3) is 1.00. The smallest absolute Gasteiger partial charge is 0.0798 e. The van der Waals surface area contributed by atoms with Crippen LogP contribution in [0.15, 0.2) is 0 Å². The van der Waals surface area contributed by atoms with E-state index in [1.54, 1.807) is 0 Å². The lowest BCUT2D eigenvalue weighted by Crippen LogP contribution is -2.47. The average molecular weight is 187 g/mol. The summed E-state index contributed by atoms with van der Waals surface area (Å²) in [6.07, 6.45) is 4.40. The molecule has 0 aromatic carbocycles. The summed E-state index contributed by atoms with van der Waals surface area (Å²) in [6.45, 7) is 7.32. The minimum Gasteiger partial charge on any atom is -0.327 e. The highest BCUT2D eigenvalue weighted by Gasteiger charge is 2.22. The van der Waals surface area contributed by atoms with Crippen molar-refractivity contribution in [2.45, 2.75) is 51.7 Å². The molecule has 1 aliphatic rings. The maximum atomic E-state index is 2.86. The summed E-state index contributed by atoms with van der Waals surface area (Å²) in [5, 5.41) is 0. The molecule has 1 saturated heterocycles. The highest BCUT2D eigenvalue weighted by atomic mass is 29.1. The van der Waals surface area contributed by atoms with Crippen LogP contribution in [-0.2, 0) is 0 Å². The Kier molecular flexibility index (Phi) is 3.82. The molecule has 3 heteroatoms. The van der Waals surface area contributed by atoms with Crippen LogP contribution in [0.3, 0.4) is 0 Å². The van der Waals surface area contributed by atoms with Crippen LogP contribution >= 0.6 is 0 Å². The zero-order valence-corrected chi connectivity index (χ0v) is 11.0. The Bertz CT molecular complexity index is 109. The highest BCUT2D eigenvalue weighted by molar-refractivity contribution is 6.98. The number of hydrogen-bond acceptors (Lipinski definition) is 1. The Hall–Kier alpha value is 0.394. The second kappa shape index (κ2) is 4.43. The molecule has 0 aromatic heterocycles. The first-order valence-electron chi connectivity index (χ1n) is 5.01. The van der Waals surface area contributed by atoms with E-state index in [-0.39, 0.29) is 9.20 Å². The van der Waals surface area contributed by atoms with Gasteiger partial charge in [-0.15, -0.1) is 0 Å². The van der Waals surface area contributed by atoms with Gasteiger partial charge in [0, 0.05) is 9.04 Å². The number of piperidine rings is 1. The van der Waals surface area contributed by atoms with E-state index in [0.29, 0.717) is 9.04 Å². The number of rotatable bonds is 2. The summed E-state index contributed by atoms with van der Waals surface area (Å²) in [5.41, 5.74) is 0. The Balaban J connectivity index is 2.41. The molecular formula is C8H21NSi2. The van der Waals surface area contributed by atoms with E-state index in [1.165, 1.54) is 19.3 Å². The molecule has 0 spiro atoms. The Morgan fingerprint density at radius 2 is 1.73 bits per heavy atom. The minimum atomic E-state index is 0.253. The quantitative estimate of drug-likeness (QED) is 0.568. The summed E-state index contributed by atoms with van der Waals surface area (Å²) < 4.78 is 2.86. The van der Waals surface area contributed by atoms with E-state index in [9.17, 15) is 0 Å². The molecule has 0 aromatic rings. The molecule has 1 heterocycles. The normalized spacial score (nSPS) is 36.3. The van der Waals surface area contributed by atoms with Crippen LogP contribution in [0, 0.1) is 0 Å². The maximum absolute atomic E-state index is 2.86. The Labute approximate surface area is 75.1 Å². The van der Waals surface area contributed by atoms with Crippen molar-refractivity contribution >= 4 is 18.2 Å². The molecule has 1 fully saturated rings. The molecule has 66 valence electrons. The summed E-state index contributed by atoms with van der Waals surface area (Å²) >= 11 is 0. The first-order chi connectivity index (χ1) is 5.25. The number of nitrogens with zero attached hydrogens (tertiary/aromatic N) is 1. The molecule has 0 bridgehead atoms. The SMILES string of the molecule is C[SiH2][SiH2]N1C(C)CCCC1C. The van der Waals surface area contributed by atoms with E-state index >= 15 is 0 Å². The van der Waals surface area contributed by atoms with E-state index in [0.717, 1.165) is 12.1 Å². The van der Waals surface area contributed by atoms with Gasteiger partial charge in [0.25, 0.3) is 0 Å². The molecule has 1 rings (SSSR count). The molecule has 11 heavy (non-hydrogen) atoms. The van der Waals surface area contributed by atoms with Crippen LogP contribution < -0.4 is 0 Å². The van der Waals surface area contributed by atoms with Gasteiger partial charge in [-0.1, -0.05) is 26.8 Å². The second-order valence-corrected chi connectivity index (χ2v) is 10.4. The number of hydrogen-bond donors (Lipinski definition) is 0. The van der Waals surface area contributed by atoms with Crippen molar-refractivity contribution in [1.82, 2.24) is 4.57 Å². The van der Waals surface area contributed by atoms with Gasteiger partial charge in [0.1, 0.15) is 0 Å². The van der Waals surface area contributed by atoms with Crippen molar-refractivity contribution in [2.75, 3.05) is 0 Å². The van der Waals surface area contributed by atoms with Crippen LogP contribution in [0.1, 0.15) is 33.1 Å². The summed E-state index contributed by atoms with van der Waals surface area (Å²) in [5.74, 6) is 0.